The fourth-order valence-electron chi connectivity index (χ4n) is 1.06. The molecule has 1 heterocycles. The average Bonchev–Trinajstić information content (AvgIpc) is 1.94. The second kappa shape index (κ2) is 3.42. The Hall–Kier alpha value is -0.760. The van der Waals surface area contributed by atoms with E-state index in [1.54, 1.807) is 0 Å². The quantitative estimate of drug-likeness (QED) is 0.570. The van der Waals surface area contributed by atoms with Crippen molar-refractivity contribution in [2.75, 3.05) is 26.7 Å². The van der Waals surface area contributed by atoms with Crippen LogP contribution in [0.5, 0.6) is 0 Å². The van der Waals surface area contributed by atoms with Gasteiger partial charge >= 0.3 is 0 Å². The second-order valence-corrected chi connectivity index (χ2v) is 2.49. The van der Waals surface area contributed by atoms with Crippen LogP contribution in [0.3, 0.4) is 0 Å². The van der Waals surface area contributed by atoms with Crippen LogP contribution in [-0.2, 0) is 0 Å². The van der Waals surface area contributed by atoms with Crippen LogP contribution in [0.15, 0.2) is 24.4 Å². The Bertz CT molecular complexity index is 149. The first-order valence-corrected chi connectivity index (χ1v) is 3.58. The average molecular weight is 138 g/mol. The number of allylic oxidation sites excluding steroid dienone is 2. The summed E-state index contributed by atoms with van der Waals surface area (Å²) < 4.78 is 0. The van der Waals surface area contributed by atoms with E-state index < -0.39 is 0 Å². The minimum Gasteiger partial charge on any atom is -0.376 e. The van der Waals surface area contributed by atoms with E-state index in [0.29, 0.717) is 0 Å². The van der Waals surface area contributed by atoms with Crippen molar-refractivity contribution in [3.8, 4) is 0 Å². The summed E-state index contributed by atoms with van der Waals surface area (Å²) in [5.41, 5.74) is 1.32. The smallest absolute Gasteiger partial charge is 0.0356 e. The van der Waals surface area contributed by atoms with Crippen molar-refractivity contribution in [3.05, 3.63) is 24.4 Å². The van der Waals surface area contributed by atoms with Gasteiger partial charge in [0.25, 0.3) is 0 Å². The third-order valence-electron chi connectivity index (χ3n) is 1.73. The third kappa shape index (κ3) is 1.61. The Balaban J connectivity index is 2.55. The number of nitrogens with zero attached hydrogens (tertiary/aromatic N) is 1. The zero-order valence-corrected chi connectivity index (χ0v) is 6.43. The first-order valence-electron chi connectivity index (χ1n) is 3.58. The van der Waals surface area contributed by atoms with Crippen molar-refractivity contribution in [2.45, 2.75) is 0 Å². The SMILES string of the molecule is C=C/C=C1/CNCCN1C. The van der Waals surface area contributed by atoms with Gasteiger partial charge in [-0.25, -0.2) is 0 Å². The van der Waals surface area contributed by atoms with E-state index in [0.717, 1.165) is 19.6 Å². The molecule has 0 aromatic rings. The van der Waals surface area contributed by atoms with Gasteiger partial charge in [0.05, 0.1) is 0 Å². The van der Waals surface area contributed by atoms with Crippen LogP contribution in [0.2, 0.25) is 0 Å². The molecule has 1 rings (SSSR count). The van der Waals surface area contributed by atoms with Crippen LogP contribution >= 0.6 is 0 Å². The minimum atomic E-state index is 0.975. The minimum absolute atomic E-state index is 0.975. The number of hydrogen-bond acceptors (Lipinski definition) is 2. The van der Waals surface area contributed by atoms with Gasteiger partial charge in [-0.3, -0.25) is 0 Å². The molecule has 1 saturated heterocycles. The highest BCUT2D eigenvalue weighted by Gasteiger charge is 2.07. The molecule has 0 saturated carbocycles. The van der Waals surface area contributed by atoms with Gasteiger partial charge in [-0.1, -0.05) is 12.7 Å². The first kappa shape index (κ1) is 7.35. The maximum atomic E-state index is 3.66. The molecule has 0 aromatic carbocycles. The lowest BCUT2D eigenvalue weighted by Gasteiger charge is -2.27. The predicted molar refractivity (Wildman–Crippen MR) is 43.8 cm³/mol. The summed E-state index contributed by atoms with van der Waals surface area (Å²) in [4.78, 5) is 2.25. The van der Waals surface area contributed by atoms with Gasteiger partial charge in [-0.2, -0.15) is 0 Å². The molecule has 0 aliphatic carbocycles. The van der Waals surface area contributed by atoms with Crippen LogP contribution < -0.4 is 5.32 Å². The molecule has 0 aromatic heterocycles. The van der Waals surface area contributed by atoms with Crippen LogP contribution in [0.1, 0.15) is 0 Å². The van der Waals surface area contributed by atoms with Gasteiger partial charge in [-0.15, -0.1) is 0 Å². The molecular weight excluding hydrogens is 124 g/mol. The molecule has 0 atom stereocenters. The fraction of sp³-hybridized carbons (Fsp3) is 0.500. The van der Waals surface area contributed by atoms with Gasteiger partial charge in [0.1, 0.15) is 0 Å². The molecule has 1 aliphatic rings. The van der Waals surface area contributed by atoms with Gasteiger partial charge in [0.2, 0.25) is 0 Å². The molecule has 2 heteroatoms. The first-order chi connectivity index (χ1) is 4.84. The molecule has 56 valence electrons. The number of piperazine rings is 1. The van der Waals surface area contributed by atoms with Crippen LogP contribution in [0.4, 0.5) is 0 Å². The lowest BCUT2D eigenvalue weighted by molar-refractivity contribution is 0.358. The summed E-state index contributed by atoms with van der Waals surface area (Å²) in [6.45, 7) is 6.82. The van der Waals surface area contributed by atoms with Gasteiger partial charge in [-0.05, 0) is 6.08 Å². The van der Waals surface area contributed by atoms with E-state index in [4.69, 9.17) is 0 Å². The molecule has 0 bridgehead atoms. The summed E-state index contributed by atoms with van der Waals surface area (Å²) >= 11 is 0. The second-order valence-electron chi connectivity index (χ2n) is 2.49. The van der Waals surface area contributed by atoms with Crippen molar-refractivity contribution < 1.29 is 0 Å². The normalized spacial score (nSPS) is 23.3. The van der Waals surface area contributed by atoms with E-state index in [-0.39, 0.29) is 0 Å². The highest BCUT2D eigenvalue weighted by atomic mass is 15.2. The zero-order chi connectivity index (χ0) is 7.40. The van der Waals surface area contributed by atoms with Gasteiger partial charge in [0, 0.05) is 32.4 Å². The summed E-state index contributed by atoms with van der Waals surface area (Å²) in [6, 6.07) is 0. The Morgan fingerprint density at radius 2 is 2.50 bits per heavy atom. The molecule has 1 aliphatic heterocycles. The molecule has 0 amide bonds. The highest BCUT2D eigenvalue weighted by Crippen LogP contribution is 2.02. The Labute approximate surface area is 62.2 Å². The molecule has 0 radical (unpaired) electrons. The molecule has 1 N–H and O–H groups in total. The standard InChI is InChI=1S/C8H14N2/c1-3-4-8-7-9-5-6-10(8)2/h3-4,9H,1,5-7H2,2H3/b8-4-. The summed E-state index contributed by atoms with van der Waals surface area (Å²) in [5.74, 6) is 0. The predicted octanol–water partition coefficient (Wildman–Crippen LogP) is 0.591. The van der Waals surface area contributed by atoms with E-state index in [2.05, 4.69) is 23.8 Å². The van der Waals surface area contributed by atoms with E-state index in [9.17, 15) is 0 Å². The van der Waals surface area contributed by atoms with E-state index >= 15 is 0 Å². The van der Waals surface area contributed by atoms with Crippen molar-refractivity contribution >= 4 is 0 Å². The van der Waals surface area contributed by atoms with Crippen LogP contribution in [0.25, 0.3) is 0 Å². The summed E-state index contributed by atoms with van der Waals surface area (Å²) in [6.07, 6.45) is 3.88. The van der Waals surface area contributed by atoms with Crippen molar-refractivity contribution in [2.24, 2.45) is 0 Å². The number of rotatable bonds is 1. The number of hydrogen-bond donors (Lipinski definition) is 1. The monoisotopic (exact) mass is 138 g/mol. The summed E-state index contributed by atoms with van der Waals surface area (Å²) in [7, 11) is 2.11. The number of nitrogens with one attached hydrogen (secondary N) is 1. The molecule has 1 fully saturated rings. The molecule has 0 spiro atoms. The van der Waals surface area contributed by atoms with Gasteiger partial charge < -0.3 is 10.2 Å². The van der Waals surface area contributed by atoms with Crippen LogP contribution in [0, 0.1) is 0 Å². The van der Waals surface area contributed by atoms with E-state index in [1.165, 1.54) is 5.70 Å². The molecule has 2 nitrogen and oxygen atoms in total. The zero-order valence-electron chi connectivity index (χ0n) is 6.43. The molecule has 10 heavy (non-hydrogen) atoms. The van der Waals surface area contributed by atoms with E-state index in [1.807, 2.05) is 12.2 Å². The Morgan fingerprint density at radius 1 is 1.70 bits per heavy atom. The topological polar surface area (TPSA) is 15.3 Å². The van der Waals surface area contributed by atoms with Crippen LogP contribution in [-0.4, -0.2) is 31.6 Å². The van der Waals surface area contributed by atoms with Crippen molar-refractivity contribution in [1.82, 2.24) is 10.2 Å². The highest BCUT2D eigenvalue weighted by molar-refractivity contribution is 5.12. The fourth-order valence-corrected chi connectivity index (χ4v) is 1.06. The molecular formula is C8H14N2. The largest absolute Gasteiger partial charge is 0.376 e. The molecule has 0 unspecified atom stereocenters. The Morgan fingerprint density at radius 3 is 3.10 bits per heavy atom. The maximum absolute atomic E-state index is 3.66. The third-order valence-corrected chi connectivity index (χ3v) is 1.73. The Kier molecular flexibility index (Phi) is 2.51. The lowest BCUT2D eigenvalue weighted by atomic mass is 10.3. The van der Waals surface area contributed by atoms with Gasteiger partial charge in [0.15, 0.2) is 0 Å². The lowest BCUT2D eigenvalue weighted by Crippen LogP contribution is -2.39. The van der Waals surface area contributed by atoms with Crippen molar-refractivity contribution in [1.29, 1.82) is 0 Å². The number of likely N-dealkylation sites (N-methyl/N-ethyl adjacent to an activating group) is 1. The van der Waals surface area contributed by atoms with Crippen molar-refractivity contribution in [3.63, 3.8) is 0 Å². The summed E-state index contributed by atoms with van der Waals surface area (Å²) in [5, 5.41) is 3.29. The maximum Gasteiger partial charge on any atom is 0.0356 e.